The van der Waals surface area contributed by atoms with Crippen molar-refractivity contribution in [1.82, 2.24) is 5.32 Å². The van der Waals surface area contributed by atoms with Crippen LogP contribution in [0.1, 0.15) is 24.1 Å². The van der Waals surface area contributed by atoms with Crippen LogP contribution in [0.2, 0.25) is 0 Å². The van der Waals surface area contributed by atoms with E-state index in [1.54, 1.807) is 21.3 Å². The average molecular weight is 253 g/mol. The summed E-state index contributed by atoms with van der Waals surface area (Å²) in [6.07, 6.45) is 0. The lowest BCUT2D eigenvalue weighted by Gasteiger charge is -2.16. The van der Waals surface area contributed by atoms with Crippen LogP contribution >= 0.6 is 0 Å². The molecule has 1 aromatic carbocycles. The molecule has 0 aliphatic rings. The van der Waals surface area contributed by atoms with Crippen molar-refractivity contribution >= 4 is 0 Å². The number of ether oxygens (including phenoxy) is 3. The quantitative estimate of drug-likeness (QED) is 0.721. The van der Waals surface area contributed by atoms with Gasteiger partial charge < -0.3 is 19.5 Å². The van der Waals surface area contributed by atoms with E-state index in [0.717, 1.165) is 17.9 Å². The highest BCUT2D eigenvalue weighted by molar-refractivity contribution is 5.38. The average Bonchev–Trinajstić information content (AvgIpc) is 2.39. The van der Waals surface area contributed by atoms with Gasteiger partial charge in [-0.15, -0.1) is 0 Å². The minimum Gasteiger partial charge on any atom is -0.496 e. The van der Waals surface area contributed by atoms with Crippen molar-refractivity contribution < 1.29 is 14.2 Å². The standard InChI is InChI=1S/C14H23NO3/c1-11(15-7-8-16-2)12-5-6-14(18-4)13(9-12)10-17-3/h5-6,9,11,15H,7-8,10H2,1-4H3. The SMILES string of the molecule is COCCNC(C)c1ccc(OC)c(COC)c1. The Morgan fingerprint density at radius 1 is 1.17 bits per heavy atom. The van der Waals surface area contributed by atoms with E-state index in [2.05, 4.69) is 24.4 Å². The van der Waals surface area contributed by atoms with Gasteiger partial charge in [-0.05, 0) is 24.6 Å². The van der Waals surface area contributed by atoms with Gasteiger partial charge in [0.15, 0.2) is 0 Å². The molecule has 0 fully saturated rings. The van der Waals surface area contributed by atoms with Crippen molar-refractivity contribution in [3.63, 3.8) is 0 Å². The Kier molecular flexibility index (Phi) is 6.72. The molecular weight excluding hydrogens is 230 g/mol. The first-order valence-electron chi connectivity index (χ1n) is 6.11. The number of hydrogen-bond acceptors (Lipinski definition) is 4. The molecule has 1 rings (SSSR count). The molecule has 0 bridgehead atoms. The lowest BCUT2D eigenvalue weighted by molar-refractivity contribution is 0.181. The third kappa shape index (κ3) is 4.29. The summed E-state index contributed by atoms with van der Waals surface area (Å²) in [6.45, 7) is 4.24. The molecule has 0 heterocycles. The topological polar surface area (TPSA) is 39.7 Å². The largest absolute Gasteiger partial charge is 0.496 e. The zero-order valence-corrected chi connectivity index (χ0v) is 11.7. The Balaban J connectivity index is 2.73. The molecule has 0 aliphatic heterocycles. The van der Waals surface area contributed by atoms with E-state index in [1.807, 2.05) is 6.07 Å². The third-order valence-corrected chi connectivity index (χ3v) is 2.86. The van der Waals surface area contributed by atoms with Crippen LogP contribution in [0.15, 0.2) is 18.2 Å². The molecule has 0 amide bonds. The monoisotopic (exact) mass is 253 g/mol. The maximum Gasteiger partial charge on any atom is 0.124 e. The summed E-state index contributed by atoms with van der Waals surface area (Å²) < 4.78 is 15.5. The number of rotatable bonds is 8. The van der Waals surface area contributed by atoms with Gasteiger partial charge in [0.05, 0.1) is 20.3 Å². The molecule has 1 aromatic rings. The minimum atomic E-state index is 0.279. The van der Waals surface area contributed by atoms with Gasteiger partial charge >= 0.3 is 0 Å². The second kappa shape index (κ2) is 8.08. The fraction of sp³-hybridized carbons (Fsp3) is 0.571. The molecule has 0 aliphatic carbocycles. The van der Waals surface area contributed by atoms with E-state index < -0.39 is 0 Å². The molecule has 4 nitrogen and oxygen atoms in total. The molecule has 0 saturated carbocycles. The Labute approximate surface area is 109 Å². The van der Waals surface area contributed by atoms with E-state index in [1.165, 1.54) is 5.56 Å². The first-order chi connectivity index (χ1) is 8.72. The molecule has 1 atom stereocenters. The molecular formula is C14H23NO3. The van der Waals surface area contributed by atoms with Crippen molar-refractivity contribution in [3.05, 3.63) is 29.3 Å². The summed E-state index contributed by atoms with van der Waals surface area (Å²) >= 11 is 0. The predicted molar refractivity (Wildman–Crippen MR) is 72.0 cm³/mol. The summed E-state index contributed by atoms with van der Waals surface area (Å²) in [4.78, 5) is 0. The zero-order chi connectivity index (χ0) is 13.4. The van der Waals surface area contributed by atoms with Crippen molar-refractivity contribution in [2.24, 2.45) is 0 Å². The zero-order valence-electron chi connectivity index (χ0n) is 11.7. The molecule has 0 saturated heterocycles. The van der Waals surface area contributed by atoms with Crippen LogP contribution in [0.25, 0.3) is 0 Å². The van der Waals surface area contributed by atoms with Crippen molar-refractivity contribution in [2.75, 3.05) is 34.5 Å². The summed E-state index contributed by atoms with van der Waals surface area (Å²) in [5, 5.41) is 3.40. The van der Waals surface area contributed by atoms with Gasteiger partial charge in [0.1, 0.15) is 5.75 Å². The highest BCUT2D eigenvalue weighted by Crippen LogP contribution is 2.23. The van der Waals surface area contributed by atoms with Crippen LogP contribution < -0.4 is 10.1 Å². The Morgan fingerprint density at radius 3 is 2.56 bits per heavy atom. The van der Waals surface area contributed by atoms with Gasteiger partial charge in [0.25, 0.3) is 0 Å². The fourth-order valence-electron chi connectivity index (χ4n) is 1.83. The summed E-state index contributed by atoms with van der Waals surface area (Å²) in [6, 6.07) is 6.45. The lowest BCUT2D eigenvalue weighted by atomic mass is 10.0. The first kappa shape index (κ1) is 15.0. The van der Waals surface area contributed by atoms with Crippen molar-refractivity contribution in [3.8, 4) is 5.75 Å². The molecule has 4 heteroatoms. The number of hydrogen-bond donors (Lipinski definition) is 1. The lowest BCUT2D eigenvalue weighted by Crippen LogP contribution is -2.22. The number of methoxy groups -OCH3 is 3. The van der Waals surface area contributed by atoms with E-state index in [-0.39, 0.29) is 6.04 Å². The van der Waals surface area contributed by atoms with E-state index >= 15 is 0 Å². The van der Waals surface area contributed by atoms with E-state index in [9.17, 15) is 0 Å². The Morgan fingerprint density at radius 2 is 1.94 bits per heavy atom. The second-order valence-electron chi connectivity index (χ2n) is 4.17. The van der Waals surface area contributed by atoms with E-state index in [4.69, 9.17) is 14.2 Å². The highest BCUT2D eigenvalue weighted by Gasteiger charge is 2.09. The Bertz CT molecular complexity index is 355. The molecule has 0 radical (unpaired) electrons. The molecule has 1 unspecified atom stereocenters. The maximum absolute atomic E-state index is 5.31. The van der Waals surface area contributed by atoms with Crippen LogP contribution in [-0.4, -0.2) is 34.5 Å². The van der Waals surface area contributed by atoms with Gasteiger partial charge in [0, 0.05) is 32.4 Å². The maximum atomic E-state index is 5.31. The second-order valence-corrected chi connectivity index (χ2v) is 4.17. The van der Waals surface area contributed by atoms with Gasteiger partial charge in [-0.1, -0.05) is 6.07 Å². The van der Waals surface area contributed by atoms with Gasteiger partial charge in [0.2, 0.25) is 0 Å². The minimum absolute atomic E-state index is 0.279. The molecule has 0 aromatic heterocycles. The molecule has 1 N–H and O–H groups in total. The third-order valence-electron chi connectivity index (χ3n) is 2.86. The van der Waals surface area contributed by atoms with Crippen molar-refractivity contribution in [2.45, 2.75) is 19.6 Å². The summed E-state index contributed by atoms with van der Waals surface area (Å²) in [5.41, 5.74) is 2.29. The van der Waals surface area contributed by atoms with Gasteiger partial charge in [-0.25, -0.2) is 0 Å². The van der Waals surface area contributed by atoms with Crippen LogP contribution in [0.5, 0.6) is 5.75 Å². The molecule has 0 spiro atoms. The Hall–Kier alpha value is -1.10. The molecule has 102 valence electrons. The fourth-order valence-corrected chi connectivity index (χ4v) is 1.83. The summed E-state index contributed by atoms with van der Waals surface area (Å²) in [7, 11) is 5.07. The highest BCUT2D eigenvalue weighted by atomic mass is 16.5. The van der Waals surface area contributed by atoms with Crippen LogP contribution in [-0.2, 0) is 16.1 Å². The van der Waals surface area contributed by atoms with Gasteiger partial charge in [-0.3, -0.25) is 0 Å². The van der Waals surface area contributed by atoms with E-state index in [0.29, 0.717) is 13.2 Å². The predicted octanol–water partition coefficient (Wildman–Crippen LogP) is 2.14. The number of benzene rings is 1. The normalized spacial score (nSPS) is 12.4. The number of nitrogens with one attached hydrogen (secondary N) is 1. The van der Waals surface area contributed by atoms with Crippen LogP contribution in [0.4, 0.5) is 0 Å². The van der Waals surface area contributed by atoms with Gasteiger partial charge in [-0.2, -0.15) is 0 Å². The first-order valence-corrected chi connectivity index (χ1v) is 6.11. The van der Waals surface area contributed by atoms with Crippen LogP contribution in [0.3, 0.4) is 0 Å². The summed E-state index contributed by atoms with van der Waals surface area (Å²) in [5.74, 6) is 0.865. The van der Waals surface area contributed by atoms with Crippen LogP contribution in [0, 0.1) is 0 Å². The molecule has 18 heavy (non-hydrogen) atoms. The van der Waals surface area contributed by atoms with Crippen molar-refractivity contribution in [1.29, 1.82) is 0 Å². The smallest absolute Gasteiger partial charge is 0.124 e.